The zero-order valence-electron chi connectivity index (χ0n) is 8.06. The van der Waals surface area contributed by atoms with Crippen molar-refractivity contribution in [3.8, 4) is 0 Å². The van der Waals surface area contributed by atoms with Crippen LogP contribution in [0.1, 0.15) is 36.5 Å². The van der Waals surface area contributed by atoms with E-state index in [2.05, 4.69) is 15.9 Å². The van der Waals surface area contributed by atoms with Gasteiger partial charge >= 0.3 is 0 Å². The largest absolute Gasteiger partial charge is 0.388 e. The number of aliphatic hydroxyl groups is 1. The molecule has 0 bridgehead atoms. The molecule has 15 heavy (non-hydrogen) atoms. The van der Waals surface area contributed by atoms with Crippen molar-refractivity contribution < 1.29 is 9.50 Å². The first kappa shape index (κ1) is 11.4. The minimum atomic E-state index is -0.637. The molecule has 0 amide bonds. The Morgan fingerprint density at radius 1 is 1.47 bits per heavy atom. The highest BCUT2D eigenvalue weighted by Crippen LogP contribution is 2.39. The standard InChI is InChI=1S/C11H11BrClFO/c12-7-5-8(14)6-3-1-2-4-9(15)10(6)11(7)13/h5,9,15H,1-4H2. The Morgan fingerprint density at radius 2 is 2.20 bits per heavy atom. The molecule has 1 aliphatic carbocycles. The molecule has 0 fully saturated rings. The zero-order chi connectivity index (χ0) is 11.0. The number of aliphatic hydroxyl groups excluding tert-OH is 1. The van der Waals surface area contributed by atoms with E-state index < -0.39 is 6.10 Å². The van der Waals surface area contributed by atoms with Crippen LogP contribution in [0.25, 0.3) is 0 Å². The van der Waals surface area contributed by atoms with Gasteiger partial charge in [-0.25, -0.2) is 4.39 Å². The average molecular weight is 294 g/mol. The van der Waals surface area contributed by atoms with Crippen molar-refractivity contribution in [2.45, 2.75) is 31.8 Å². The summed E-state index contributed by atoms with van der Waals surface area (Å²) >= 11 is 9.27. The van der Waals surface area contributed by atoms with Crippen LogP contribution in [0.15, 0.2) is 10.5 Å². The molecule has 0 spiro atoms. The number of rotatable bonds is 0. The fourth-order valence-corrected chi connectivity index (χ4v) is 2.75. The lowest BCUT2D eigenvalue weighted by molar-refractivity contribution is 0.166. The lowest BCUT2D eigenvalue weighted by Crippen LogP contribution is -2.03. The third kappa shape index (κ3) is 2.05. The molecule has 1 unspecified atom stereocenters. The summed E-state index contributed by atoms with van der Waals surface area (Å²) in [5, 5.41) is 10.3. The third-order valence-electron chi connectivity index (χ3n) is 2.80. The lowest BCUT2D eigenvalue weighted by atomic mass is 10.0. The molecule has 0 saturated heterocycles. The molecule has 1 aromatic carbocycles. The molecule has 0 radical (unpaired) electrons. The van der Waals surface area contributed by atoms with Crippen LogP contribution in [-0.2, 0) is 6.42 Å². The maximum Gasteiger partial charge on any atom is 0.127 e. The molecule has 0 saturated carbocycles. The summed E-state index contributed by atoms with van der Waals surface area (Å²) in [6.45, 7) is 0. The predicted octanol–water partition coefficient (Wildman–Crippen LogP) is 4.00. The predicted molar refractivity (Wildman–Crippen MR) is 61.6 cm³/mol. The number of halogens is 3. The normalized spacial score (nSPS) is 20.9. The molecule has 1 nitrogen and oxygen atoms in total. The summed E-state index contributed by atoms with van der Waals surface area (Å²) in [6.07, 6.45) is 2.48. The first-order chi connectivity index (χ1) is 7.11. The average Bonchev–Trinajstić information content (AvgIpc) is 2.37. The molecule has 0 aromatic heterocycles. The van der Waals surface area contributed by atoms with Gasteiger partial charge in [0.2, 0.25) is 0 Å². The number of benzene rings is 1. The summed E-state index contributed by atoms with van der Waals surface area (Å²) in [5.74, 6) is -0.276. The molecule has 1 N–H and O–H groups in total. The van der Waals surface area contributed by atoms with Gasteiger partial charge in [0.05, 0.1) is 11.1 Å². The van der Waals surface area contributed by atoms with Crippen LogP contribution < -0.4 is 0 Å². The summed E-state index contributed by atoms with van der Waals surface area (Å²) in [7, 11) is 0. The maximum absolute atomic E-state index is 13.7. The van der Waals surface area contributed by atoms with Crippen LogP contribution in [0.2, 0.25) is 5.02 Å². The second-order valence-corrected chi connectivity index (χ2v) is 5.04. The second-order valence-electron chi connectivity index (χ2n) is 3.81. The quantitative estimate of drug-likeness (QED) is 0.566. The molecule has 0 aliphatic heterocycles. The van der Waals surface area contributed by atoms with Crippen molar-refractivity contribution in [1.82, 2.24) is 0 Å². The third-order valence-corrected chi connectivity index (χ3v) is 4.06. The van der Waals surface area contributed by atoms with E-state index >= 15 is 0 Å². The van der Waals surface area contributed by atoms with Crippen molar-refractivity contribution in [3.63, 3.8) is 0 Å². The monoisotopic (exact) mass is 292 g/mol. The molecule has 1 aliphatic rings. The first-order valence-electron chi connectivity index (χ1n) is 4.95. The summed E-state index contributed by atoms with van der Waals surface area (Å²) in [6, 6.07) is 1.37. The highest BCUT2D eigenvalue weighted by Gasteiger charge is 2.23. The molecule has 82 valence electrons. The van der Waals surface area contributed by atoms with Crippen LogP contribution in [-0.4, -0.2) is 5.11 Å². The smallest absolute Gasteiger partial charge is 0.127 e. The SMILES string of the molecule is OC1CCCCc2c(F)cc(Br)c(Cl)c21. The Morgan fingerprint density at radius 3 is 2.93 bits per heavy atom. The fraction of sp³-hybridized carbons (Fsp3) is 0.455. The Bertz CT molecular complexity index is 395. The lowest BCUT2D eigenvalue weighted by Gasteiger charge is -2.15. The van der Waals surface area contributed by atoms with Gasteiger partial charge in [-0.3, -0.25) is 0 Å². The van der Waals surface area contributed by atoms with E-state index in [-0.39, 0.29) is 5.82 Å². The Kier molecular flexibility index (Phi) is 3.33. The van der Waals surface area contributed by atoms with Crippen LogP contribution in [0.4, 0.5) is 4.39 Å². The molecule has 1 atom stereocenters. The van der Waals surface area contributed by atoms with Gasteiger partial charge in [0.25, 0.3) is 0 Å². The van der Waals surface area contributed by atoms with Crippen molar-refractivity contribution in [3.05, 3.63) is 32.5 Å². The van der Waals surface area contributed by atoms with Crippen LogP contribution in [0.3, 0.4) is 0 Å². The van der Waals surface area contributed by atoms with Crippen molar-refractivity contribution >= 4 is 27.5 Å². The van der Waals surface area contributed by atoms with Gasteiger partial charge in [-0.2, -0.15) is 0 Å². The summed E-state index contributed by atoms with van der Waals surface area (Å²) < 4.78 is 14.2. The zero-order valence-corrected chi connectivity index (χ0v) is 10.4. The van der Waals surface area contributed by atoms with Crippen LogP contribution in [0, 0.1) is 5.82 Å². The minimum Gasteiger partial charge on any atom is -0.388 e. The van der Waals surface area contributed by atoms with Gasteiger partial charge in [-0.05, 0) is 46.8 Å². The van der Waals surface area contributed by atoms with Crippen molar-refractivity contribution in [1.29, 1.82) is 0 Å². The van der Waals surface area contributed by atoms with E-state index in [0.717, 1.165) is 12.8 Å². The highest BCUT2D eigenvalue weighted by atomic mass is 79.9. The molecular formula is C11H11BrClFO. The Labute approximate surface area is 101 Å². The first-order valence-corrected chi connectivity index (χ1v) is 6.12. The second kappa shape index (κ2) is 4.40. The Hall–Kier alpha value is -0.120. The summed E-state index contributed by atoms with van der Waals surface area (Å²) in [4.78, 5) is 0. The number of fused-ring (bicyclic) bond motifs is 1. The number of hydrogen-bond acceptors (Lipinski definition) is 1. The van der Waals surface area contributed by atoms with Crippen LogP contribution in [0.5, 0.6) is 0 Å². The summed E-state index contributed by atoms with van der Waals surface area (Å²) in [5.41, 5.74) is 1.15. The Balaban J connectivity index is 2.63. The van der Waals surface area contributed by atoms with E-state index in [1.807, 2.05) is 0 Å². The minimum absolute atomic E-state index is 0.276. The molecule has 0 heterocycles. The van der Waals surface area contributed by atoms with E-state index in [4.69, 9.17) is 11.6 Å². The molecule has 4 heteroatoms. The van der Waals surface area contributed by atoms with Crippen molar-refractivity contribution in [2.75, 3.05) is 0 Å². The number of hydrogen-bond donors (Lipinski definition) is 1. The fourth-order valence-electron chi connectivity index (χ4n) is 2.04. The van der Waals surface area contributed by atoms with E-state index in [1.165, 1.54) is 6.07 Å². The van der Waals surface area contributed by atoms with Crippen molar-refractivity contribution in [2.24, 2.45) is 0 Å². The molecule has 2 rings (SSSR count). The topological polar surface area (TPSA) is 20.2 Å². The van der Waals surface area contributed by atoms with E-state index in [9.17, 15) is 9.50 Å². The van der Waals surface area contributed by atoms with Gasteiger partial charge in [0.1, 0.15) is 5.82 Å². The van der Waals surface area contributed by atoms with Crippen LogP contribution >= 0.6 is 27.5 Å². The molecule has 1 aromatic rings. The van der Waals surface area contributed by atoms with Gasteiger partial charge in [0, 0.05) is 10.0 Å². The van der Waals surface area contributed by atoms with E-state index in [1.54, 1.807) is 0 Å². The highest BCUT2D eigenvalue weighted by molar-refractivity contribution is 9.10. The molecular weight excluding hydrogens is 282 g/mol. The van der Waals surface area contributed by atoms with Gasteiger partial charge in [-0.15, -0.1) is 0 Å². The van der Waals surface area contributed by atoms with Gasteiger partial charge < -0.3 is 5.11 Å². The maximum atomic E-state index is 13.7. The van der Waals surface area contributed by atoms with E-state index in [0.29, 0.717) is 33.5 Å². The van der Waals surface area contributed by atoms with Gasteiger partial charge in [0.15, 0.2) is 0 Å². The van der Waals surface area contributed by atoms with Gasteiger partial charge in [-0.1, -0.05) is 18.0 Å².